The van der Waals surface area contributed by atoms with Crippen molar-refractivity contribution in [2.75, 3.05) is 4.90 Å². The second-order valence-corrected chi connectivity index (χ2v) is 7.79. The number of carbonyl (C=O) groups is 3. The number of imide groups is 1. The van der Waals surface area contributed by atoms with E-state index in [1.165, 1.54) is 52.6 Å². The Labute approximate surface area is 175 Å². The molecule has 0 saturated carbocycles. The normalized spacial score (nSPS) is 16.2. The van der Waals surface area contributed by atoms with Gasteiger partial charge in [-0.15, -0.1) is 11.3 Å². The maximum atomic E-state index is 14.3. The van der Waals surface area contributed by atoms with Crippen LogP contribution in [-0.4, -0.2) is 28.7 Å². The number of amides is 3. The van der Waals surface area contributed by atoms with E-state index < -0.39 is 35.4 Å². The minimum absolute atomic E-state index is 0.0613. The smallest absolute Gasteiger partial charge is 0.257 e. The molecule has 1 atom stereocenters. The maximum absolute atomic E-state index is 14.3. The fourth-order valence-electron chi connectivity index (χ4n) is 3.40. The van der Waals surface area contributed by atoms with Crippen molar-refractivity contribution in [3.05, 3.63) is 88.1 Å². The zero-order chi connectivity index (χ0) is 21.3. The molecule has 1 aromatic heterocycles. The van der Waals surface area contributed by atoms with E-state index in [9.17, 15) is 23.2 Å². The highest BCUT2D eigenvalue weighted by Crippen LogP contribution is 2.29. The molecule has 0 spiro atoms. The molecular formula is C22H16F2N2O3S. The van der Waals surface area contributed by atoms with Gasteiger partial charge in [0.2, 0.25) is 5.91 Å². The zero-order valence-electron chi connectivity index (χ0n) is 15.6. The zero-order valence-corrected chi connectivity index (χ0v) is 16.4. The second kappa shape index (κ2) is 8.16. The lowest BCUT2D eigenvalue weighted by molar-refractivity contribution is -0.122. The van der Waals surface area contributed by atoms with Crippen LogP contribution in [-0.2, 0) is 16.1 Å². The van der Waals surface area contributed by atoms with E-state index in [1.54, 1.807) is 12.1 Å². The van der Waals surface area contributed by atoms with E-state index in [1.807, 2.05) is 5.38 Å². The fraction of sp³-hybridized carbons (Fsp3) is 0.136. The highest BCUT2D eigenvalue weighted by atomic mass is 32.1. The average molecular weight is 426 g/mol. The van der Waals surface area contributed by atoms with Crippen molar-refractivity contribution in [1.29, 1.82) is 0 Å². The Morgan fingerprint density at radius 3 is 2.43 bits per heavy atom. The third-order valence-corrected chi connectivity index (χ3v) is 5.72. The minimum atomic E-state index is -1.09. The molecule has 0 aliphatic carbocycles. The summed E-state index contributed by atoms with van der Waals surface area (Å²) in [7, 11) is 0. The molecule has 4 rings (SSSR count). The average Bonchev–Trinajstić information content (AvgIpc) is 3.35. The molecule has 1 unspecified atom stereocenters. The Balaban J connectivity index is 1.69. The Bertz CT molecular complexity index is 1100. The van der Waals surface area contributed by atoms with Gasteiger partial charge in [-0.05, 0) is 47.8 Å². The summed E-state index contributed by atoms with van der Waals surface area (Å²) >= 11 is 1.39. The third kappa shape index (κ3) is 3.73. The summed E-state index contributed by atoms with van der Waals surface area (Å²) in [5, 5.41) is 1.83. The number of benzene rings is 2. The summed E-state index contributed by atoms with van der Waals surface area (Å²) in [6, 6.07) is 13.0. The van der Waals surface area contributed by atoms with Crippen LogP contribution < -0.4 is 4.90 Å². The molecule has 0 bridgehead atoms. The predicted molar refractivity (Wildman–Crippen MR) is 108 cm³/mol. The number of hydrogen-bond acceptors (Lipinski definition) is 4. The summed E-state index contributed by atoms with van der Waals surface area (Å²) in [5.41, 5.74) is 0.0536. The van der Waals surface area contributed by atoms with Gasteiger partial charge >= 0.3 is 0 Å². The molecule has 1 aliphatic rings. The van der Waals surface area contributed by atoms with E-state index >= 15 is 0 Å². The van der Waals surface area contributed by atoms with Crippen molar-refractivity contribution >= 4 is 34.7 Å². The Kier molecular flexibility index (Phi) is 5.41. The van der Waals surface area contributed by atoms with Crippen LogP contribution in [0.25, 0.3) is 0 Å². The number of thiophene rings is 1. The van der Waals surface area contributed by atoms with E-state index in [2.05, 4.69) is 0 Å². The first kappa shape index (κ1) is 19.9. The standard InChI is InChI=1S/C22H16F2N2O3S/c23-14-7-9-15(10-8-14)26-20(27)12-19(22(26)29)25(13-16-4-3-11-30-16)21(28)17-5-1-2-6-18(17)24/h1-11,19H,12-13H2. The van der Waals surface area contributed by atoms with Crippen LogP contribution in [0, 0.1) is 11.6 Å². The lowest BCUT2D eigenvalue weighted by Gasteiger charge is -2.27. The van der Waals surface area contributed by atoms with Crippen molar-refractivity contribution in [3.8, 4) is 0 Å². The van der Waals surface area contributed by atoms with Crippen LogP contribution in [0.2, 0.25) is 0 Å². The molecule has 152 valence electrons. The van der Waals surface area contributed by atoms with Gasteiger partial charge in [0.1, 0.15) is 17.7 Å². The highest BCUT2D eigenvalue weighted by molar-refractivity contribution is 7.09. The van der Waals surface area contributed by atoms with Gasteiger partial charge in [-0.2, -0.15) is 0 Å². The van der Waals surface area contributed by atoms with Crippen LogP contribution in [0.4, 0.5) is 14.5 Å². The monoisotopic (exact) mass is 426 g/mol. The van der Waals surface area contributed by atoms with Gasteiger partial charge in [0.05, 0.1) is 24.2 Å². The van der Waals surface area contributed by atoms with Crippen LogP contribution in [0.1, 0.15) is 21.7 Å². The van der Waals surface area contributed by atoms with Crippen molar-refractivity contribution in [2.24, 2.45) is 0 Å². The van der Waals surface area contributed by atoms with Crippen LogP contribution >= 0.6 is 11.3 Å². The summed E-state index contributed by atoms with van der Waals surface area (Å²) in [4.78, 5) is 41.9. The molecule has 0 N–H and O–H groups in total. The molecule has 1 fully saturated rings. The number of hydrogen-bond donors (Lipinski definition) is 0. The number of carbonyl (C=O) groups excluding carboxylic acids is 3. The first-order valence-electron chi connectivity index (χ1n) is 9.16. The number of rotatable bonds is 5. The topological polar surface area (TPSA) is 57.7 Å². The Morgan fingerprint density at radius 1 is 1.03 bits per heavy atom. The molecule has 1 saturated heterocycles. The van der Waals surface area contributed by atoms with Gasteiger partial charge in [-0.25, -0.2) is 13.7 Å². The molecule has 5 nitrogen and oxygen atoms in total. The molecule has 30 heavy (non-hydrogen) atoms. The van der Waals surface area contributed by atoms with E-state index in [0.29, 0.717) is 0 Å². The first-order chi connectivity index (χ1) is 14.5. The minimum Gasteiger partial charge on any atom is -0.321 e. The molecule has 0 radical (unpaired) electrons. The van der Waals surface area contributed by atoms with E-state index in [-0.39, 0.29) is 24.2 Å². The Morgan fingerprint density at radius 2 is 1.77 bits per heavy atom. The predicted octanol–water partition coefficient (Wildman–Crippen LogP) is 4.00. The fourth-order valence-corrected chi connectivity index (χ4v) is 4.11. The number of halogens is 2. The van der Waals surface area contributed by atoms with Crippen molar-refractivity contribution in [2.45, 2.75) is 19.0 Å². The summed E-state index contributed by atoms with van der Waals surface area (Å²) in [6.07, 6.45) is -0.234. The van der Waals surface area contributed by atoms with Gasteiger partial charge in [0.25, 0.3) is 11.8 Å². The van der Waals surface area contributed by atoms with Crippen molar-refractivity contribution in [3.63, 3.8) is 0 Å². The van der Waals surface area contributed by atoms with Gasteiger partial charge < -0.3 is 4.90 Å². The second-order valence-electron chi connectivity index (χ2n) is 6.76. The van der Waals surface area contributed by atoms with E-state index in [0.717, 1.165) is 21.9 Å². The largest absolute Gasteiger partial charge is 0.321 e. The summed E-state index contributed by atoms with van der Waals surface area (Å²) in [6.45, 7) is 0.0613. The highest BCUT2D eigenvalue weighted by Gasteiger charge is 2.44. The first-order valence-corrected chi connectivity index (χ1v) is 10.0. The lowest BCUT2D eigenvalue weighted by atomic mass is 10.1. The van der Waals surface area contributed by atoms with Crippen LogP contribution in [0.3, 0.4) is 0 Å². The van der Waals surface area contributed by atoms with Crippen molar-refractivity contribution < 1.29 is 23.2 Å². The molecule has 1 aliphatic heterocycles. The lowest BCUT2D eigenvalue weighted by Crippen LogP contribution is -2.45. The van der Waals surface area contributed by atoms with Gasteiger partial charge in [0.15, 0.2) is 0 Å². The maximum Gasteiger partial charge on any atom is 0.257 e. The molecule has 3 aromatic rings. The molecule has 3 amide bonds. The van der Waals surface area contributed by atoms with Crippen LogP contribution in [0.5, 0.6) is 0 Å². The number of anilines is 1. The van der Waals surface area contributed by atoms with Crippen LogP contribution in [0.15, 0.2) is 66.0 Å². The molecular weight excluding hydrogens is 410 g/mol. The quantitative estimate of drug-likeness (QED) is 0.580. The summed E-state index contributed by atoms with van der Waals surface area (Å²) in [5.74, 6) is -2.98. The molecule has 8 heteroatoms. The van der Waals surface area contributed by atoms with Gasteiger partial charge in [-0.1, -0.05) is 18.2 Å². The Hall–Kier alpha value is -3.39. The van der Waals surface area contributed by atoms with Gasteiger partial charge in [0, 0.05) is 4.88 Å². The van der Waals surface area contributed by atoms with Gasteiger partial charge in [-0.3, -0.25) is 14.4 Å². The molecule has 2 aromatic carbocycles. The van der Waals surface area contributed by atoms with E-state index in [4.69, 9.17) is 0 Å². The molecule has 2 heterocycles. The summed E-state index contributed by atoms with van der Waals surface area (Å²) < 4.78 is 27.5. The third-order valence-electron chi connectivity index (χ3n) is 4.86. The SMILES string of the molecule is O=C1CC(N(Cc2cccs2)C(=O)c2ccccc2F)C(=O)N1c1ccc(F)cc1. The van der Waals surface area contributed by atoms with Crippen molar-refractivity contribution in [1.82, 2.24) is 4.90 Å². The number of nitrogens with zero attached hydrogens (tertiary/aromatic N) is 2.